The van der Waals surface area contributed by atoms with Crippen LogP contribution in [0.2, 0.25) is 0 Å². The SMILES string of the molecule is COP(=O)([O-])OCP(=O)([O-])OCN. The van der Waals surface area contributed by atoms with E-state index in [9.17, 15) is 18.9 Å². The van der Waals surface area contributed by atoms with Crippen molar-refractivity contribution in [2.24, 2.45) is 5.73 Å². The molecule has 0 aromatic carbocycles. The second kappa shape index (κ2) is 5.19. The Kier molecular flexibility index (Phi) is 5.28. The summed E-state index contributed by atoms with van der Waals surface area (Å²) in [4.78, 5) is 21.2. The standard InChI is InChI=1S/C3H11NO7P2/c1-9-13(7,8)11-3-12(5,6)10-2-4/h2-4H2,1H3,(H,5,6)(H,7,8)/p-2. The fraction of sp³-hybridized carbons (Fsp3) is 1.00. The number of hydrogen-bond donors (Lipinski definition) is 1. The van der Waals surface area contributed by atoms with Crippen LogP contribution in [0.25, 0.3) is 0 Å². The topological polar surface area (TPSA) is 134 Å². The molecule has 80 valence electrons. The van der Waals surface area contributed by atoms with Gasteiger partial charge in [-0.15, -0.1) is 0 Å². The Morgan fingerprint density at radius 1 is 1.31 bits per heavy atom. The average molecular weight is 233 g/mol. The number of hydrogen-bond acceptors (Lipinski definition) is 8. The van der Waals surface area contributed by atoms with Crippen molar-refractivity contribution in [2.75, 3.05) is 20.2 Å². The lowest BCUT2D eigenvalue weighted by molar-refractivity contribution is -0.228. The Labute approximate surface area is 74.8 Å². The summed E-state index contributed by atoms with van der Waals surface area (Å²) in [5.41, 5.74) is 4.76. The van der Waals surface area contributed by atoms with Crippen LogP contribution in [0.1, 0.15) is 0 Å². The molecule has 8 nitrogen and oxygen atoms in total. The van der Waals surface area contributed by atoms with Crippen LogP contribution in [0.5, 0.6) is 0 Å². The van der Waals surface area contributed by atoms with E-state index in [1.807, 2.05) is 0 Å². The summed E-state index contributed by atoms with van der Waals surface area (Å²) in [6, 6.07) is 0. The summed E-state index contributed by atoms with van der Waals surface area (Å²) < 4.78 is 32.9. The van der Waals surface area contributed by atoms with E-state index in [2.05, 4.69) is 13.6 Å². The van der Waals surface area contributed by atoms with E-state index in [1.165, 1.54) is 0 Å². The predicted octanol–water partition coefficient (Wildman–Crippen LogP) is -1.44. The van der Waals surface area contributed by atoms with Crippen molar-refractivity contribution >= 4 is 15.4 Å². The van der Waals surface area contributed by atoms with E-state index in [1.54, 1.807) is 0 Å². The van der Waals surface area contributed by atoms with Crippen molar-refractivity contribution in [3.05, 3.63) is 0 Å². The van der Waals surface area contributed by atoms with Gasteiger partial charge in [0.25, 0.3) is 7.82 Å². The van der Waals surface area contributed by atoms with Gasteiger partial charge in [-0.25, -0.2) is 0 Å². The second-order valence-electron chi connectivity index (χ2n) is 1.79. The highest BCUT2D eigenvalue weighted by molar-refractivity contribution is 7.52. The third kappa shape index (κ3) is 6.31. The van der Waals surface area contributed by atoms with E-state index in [0.717, 1.165) is 7.11 Å². The minimum atomic E-state index is -4.54. The monoisotopic (exact) mass is 233 g/mol. The minimum absolute atomic E-state index is 0.569. The number of rotatable bonds is 6. The maximum absolute atomic E-state index is 10.7. The molecule has 2 atom stereocenters. The minimum Gasteiger partial charge on any atom is -0.777 e. The van der Waals surface area contributed by atoms with Crippen LogP contribution in [-0.2, 0) is 22.7 Å². The maximum atomic E-state index is 10.7. The van der Waals surface area contributed by atoms with Gasteiger partial charge in [0.05, 0.1) is 0 Å². The second-order valence-corrected chi connectivity index (χ2v) is 5.05. The molecular weight excluding hydrogens is 224 g/mol. The zero-order chi connectivity index (χ0) is 10.5. The molecule has 0 radical (unpaired) electrons. The summed E-state index contributed by atoms with van der Waals surface area (Å²) in [7, 11) is -8.05. The number of phosphoric acid groups is 1. The first-order valence-electron chi connectivity index (χ1n) is 2.99. The largest absolute Gasteiger partial charge is 0.777 e. The molecule has 10 heteroatoms. The van der Waals surface area contributed by atoms with Crippen LogP contribution in [0.3, 0.4) is 0 Å². The van der Waals surface area contributed by atoms with Crippen molar-refractivity contribution in [1.82, 2.24) is 0 Å². The molecule has 0 aliphatic carbocycles. The van der Waals surface area contributed by atoms with Gasteiger partial charge < -0.3 is 33.7 Å². The molecule has 0 saturated heterocycles. The van der Waals surface area contributed by atoms with Crippen molar-refractivity contribution in [2.45, 2.75) is 0 Å². The van der Waals surface area contributed by atoms with Crippen LogP contribution in [0.15, 0.2) is 0 Å². The van der Waals surface area contributed by atoms with Crippen molar-refractivity contribution in [3.63, 3.8) is 0 Å². The molecule has 0 amide bonds. The van der Waals surface area contributed by atoms with Gasteiger partial charge in [0.1, 0.15) is 13.1 Å². The summed E-state index contributed by atoms with van der Waals surface area (Å²) in [5, 5.41) is 0. The van der Waals surface area contributed by atoms with Crippen LogP contribution >= 0.6 is 15.4 Å². The lowest BCUT2D eigenvalue weighted by atomic mass is 11.4. The summed E-state index contributed by atoms with van der Waals surface area (Å²) in [6.45, 7) is -0.569. The van der Waals surface area contributed by atoms with Crippen molar-refractivity contribution < 1.29 is 32.5 Å². The van der Waals surface area contributed by atoms with Gasteiger partial charge in [0.2, 0.25) is 0 Å². The van der Waals surface area contributed by atoms with Gasteiger partial charge in [0.15, 0.2) is 7.60 Å². The van der Waals surface area contributed by atoms with E-state index in [-0.39, 0.29) is 0 Å². The van der Waals surface area contributed by atoms with E-state index in [4.69, 9.17) is 5.73 Å². The maximum Gasteiger partial charge on any atom is 0.268 e. The molecule has 0 rings (SSSR count). The van der Waals surface area contributed by atoms with Crippen LogP contribution in [0, 0.1) is 0 Å². The normalized spacial score (nSPS) is 20.6. The first-order valence-corrected chi connectivity index (χ1v) is 6.18. The first kappa shape index (κ1) is 13.2. The van der Waals surface area contributed by atoms with E-state index < -0.39 is 28.5 Å². The van der Waals surface area contributed by atoms with Gasteiger partial charge in [-0.1, -0.05) is 0 Å². The fourth-order valence-corrected chi connectivity index (χ4v) is 1.88. The molecule has 0 aliphatic rings. The summed E-state index contributed by atoms with van der Waals surface area (Å²) >= 11 is 0. The fourth-order valence-electron chi connectivity index (χ4n) is 0.345. The average Bonchev–Trinajstić information content (AvgIpc) is 2.02. The van der Waals surface area contributed by atoms with E-state index >= 15 is 0 Å². The van der Waals surface area contributed by atoms with Gasteiger partial charge in [-0.3, -0.25) is 4.57 Å². The van der Waals surface area contributed by atoms with Crippen LogP contribution in [-0.4, -0.2) is 20.2 Å². The third-order valence-corrected chi connectivity index (χ3v) is 2.95. The zero-order valence-electron chi connectivity index (χ0n) is 6.74. The summed E-state index contributed by atoms with van der Waals surface area (Å²) in [6.07, 6.45) is -1.13. The quantitative estimate of drug-likeness (QED) is 0.435. The highest BCUT2D eigenvalue weighted by Gasteiger charge is 2.13. The van der Waals surface area contributed by atoms with Crippen molar-refractivity contribution in [1.29, 1.82) is 0 Å². The molecule has 0 saturated carbocycles. The molecule has 0 fully saturated rings. The summed E-state index contributed by atoms with van der Waals surface area (Å²) in [5.74, 6) is 0. The third-order valence-electron chi connectivity index (χ3n) is 0.869. The molecule has 0 spiro atoms. The Hall–Kier alpha value is 0.220. The molecular formula is C3H9NO7P2-2. The van der Waals surface area contributed by atoms with Gasteiger partial charge in [-0.05, 0) is 0 Å². The molecule has 0 aromatic heterocycles. The highest BCUT2D eigenvalue weighted by atomic mass is 31.2. The smallest absolute Gasteiger partial charge is 0.268 e. The molecule has 2 unspecified atom stereocenters. The van der Waals surface area contributed by atoms with Crippen LogP contribution < -0.4 is 15.5 Å². The molecule has 13 heavy (non-hydrogen) atoms. The first-order chi connectivity index (χ1) is 5.83. The zero-order valence-corrected chi connectivity index (χ0v) is 8.53. The van der Waals surface area contributed by atoms with Gasteiger partial charge >= 0.3 is 0 Å². The van der Waals surface area contributed by atoms with Crippen molar-refractivity contribution in [3.8, 4) is 0 Å². The molecule has 0 heterocycles. The Bertz CT molecular complexity index is 242. The highest BCUT2D eigenvalue weighted by Crippen LogP contribution is 2.45. The Morgan fingerprint density at radius 3 is 2.23 bits per heavy atom. The lowest BCUT2D eigenvalue weighted by Crippen LogP contribution is -2.16. The van der Waals surface area contributed by atoms with E-state index in [0.29, 0.717) is 0 Å². The molecule has 2 N–H and O–H groups in total. The Morgan fingerprint density at radius 2 is 1.85 bits per heavy atom. The van der Waals surface area contributed by atoms with Gasteiger partial charge in [-0.2, -0.15) is 0 Å². The molecule has 0 aromatic rings. The molecule has 0 bridgehead atoms. The lowest BCUT2D eigenvalue weighted by Gasteiger charge is -2.26. The predicted molar refractivity (Wildman–Crippen MR) is 38.3 cm³/mol. The van der Waals surface area contributed by atoms with Crippen LogP contribution in [0.4, 0.5) is 0 Å². The molecule has 0 aliphatic heterocycles. The number of nitrogens with two attached hydrogens (primary N) is 1. The Balaban J connectivity index is 4.02. The number of phosphoric ester groups is 1. The van der Waals surface area contributed by atoms with Gasteiger partial charge in [0, 0.05) is 7.11 Å².